The Labute approximate surface area is 99.5 Å². The van der Waals surface area contributed by atoms with Crippen LogP contribution < -0.4 is 11.1 Å². The van der Waals surface area contributed by atoms with Crippen LogP contribution in [0.25, 0.3) is 5.69 Å². The van der Waals surface area contributed by atoms with Crippen LogP contribution in [-0.2, 0) is 0 Å². The summed E-state index contributed by atoms with van der Waals surface area (Å²) in [6, 6.07) is 9.80. The van der Waals surface area contributed by atoms with Gasteiger partial charge in [0.05, 0.1) is 5.69 Å². The third-order valence-corrected chi connectivity index (χ3v) is 2.61. The summed E-state index contributed by atoms with van der Waals surface area (Å²) in [5.74, 6) is 0.847. The number of aryl methyl sites for hydroxylation is 1. The fraction of sp³-hybridized carbons (Fsp3) is 0.167. The Morgan fingerprint density at radius 1 is 1.41 bits per heavy atom. The first-order valence-corrected chi connectivity index (χ1v) is 5.21. The largest absolute Gasteiger partial charge is 0.382 e. The molecule has 0 amide bonds. The molecule has 2 aromatic rings. The number of hydrogen-bond donors (Lipinski definition) is 2. The number of rotatable bonds is 2. The zero-order valence-electron chi connectivity index (χ0n) is 9.73. The Morgan fingerprint density at radius 3 is 2.65 bits per heavy atom. The van der Waals surface area contributed by atoms with E-state index in [1.165, 1.54) is 0 Å². The number of benzene rings is 1. The summed E-state index contributed by atoms with van der Waals surface area (Å²) in [5, 5.41) is 16.2. The molecule has 0 atom stereocenters. The van der Waals surface area contributed by atoms with Crippen LogP contribution in [0, 0.1) is 18.3 Å². The highest BCUT2D eigenvalue weighted by Gasteiger charge is 2.16. The van der Waals surface area contributed by atoms with Crippen molar-refractivity contribution in [3.05, 3.63) is 35.4 Å². The molecule has 0 spiro atoms. The van der Waals surface area contributed by atoms with E-state index < -0.39 is 0 Å². The molecule has 17 heavy (non-hydrogen) atoms. The Morgan fingerprint density at radius 2 is 2.12 bits per heavy atom. The molecule has 3 N–H and O–H groups in total. The fourth-order valence-corrected chi connectivity index (χ4v) is 1.70. The molecule has 5 heteroatoms. The van der Waals surface area contributed by atoms with Crippen LogP contribution in [0.3, 0.4) is 0 Å². The first kappa shape index (κ1) is 11.0. The van der Waals surface area contributed by atoms with Crippen LogP contribution in [0.1, 0.15) is 11.1 Å². The predicted molar refractivity (Wildman–Crippen MR) is 67.0 cm³/mol. The van der Waals surface area contributed by atoms with E-state index in [9.17, 15) is 0 Å². The molecule has 1 aromatic heterocycles. The second-order valence-electron chi connectivity index (χ2n) is 3.67. The van der Waals surface area contributed by atoms with Crippen molar-refractivity contribution in [2.45, 2.75) is 6.92 Å². The van der Waals surface area contributed by atoms with Crippen LogP contribution >= 0.6 is 0 Å². The molecule has 0 saturated carbocycles. The number of aromatic nitrogens is 2. The van der Waals surface area contributed by atoms with E-state index in [2.05, 4.69) is 16.5 Å². The van der Waals surface area contributed by atoms with E-state index in [4.69, 9.17) is 11.0 Å². The summed E-state index contributed by atoms with van der Waals surface area (Å²) >= 11 is 0. The summed E-state index contributed by atoms with van der Waals surface area (Å²) in [6.07, 6.45) is 0. The van der Waals surface area contributed by atoms with Crippen molar-refractivity contribution in [1.82, 2.24) is 9.78 Å². The van der Waals surface area contributed by atoms with Crippen molar-refractivity contribution in [1.29, 1.82) is 5.26 Å². The monoisotopic (exact) mass is 227 g/mol. The van der Waals surface area contributed by atoms with Gasteiger partial charge >= 0.3 is 0 Å². The van der Waals surface area contributed by atoms with E-state index in [0.717, 1.165) is 11.3 Å². The Bertz CT molecular complexity index is 591. The van der Waals surface area contributed by atoms with Crippen molar-refractivity contribution in [3.63, 3.8) is 0 Å². The number of para-hydroxylation sites is 1. The normalized spacial score (nSPS) is 9.94. The molecule has 0 bridgehead atoms. The van der Waals surface area contributed by atoms with Crippen molar-refractivity contribution < 1.29 is 0 Å². The SMILES string of the molecule is CNc1nn(-c2ccccc2C)c(N)c1C#N. The van der Waals surface area contributed by atoms with Crippen molar-refractivity contribution in [2.75, 3.05) is 18.1 Å². The summed E-state index contributed by atoms with van der Waals surface area (Å²) in [5.41, 5.74) is 8.23. The molecule has 1 aromatic carbocycles. The Hall–Kier alpha value is -2.48. The second-order valence-corrected chi connectivity index (χ2v) is 3.67. The van der Waals surface area contributed by atoms with E-state index in [-0.39, 0.29) is 0 Å². The highest BCUT2D eigenvalue weighted by Crippen LogP contribution is 2.25. The molecule has 86 valence electrons. The first-order valence-electron chi connectivity index (χ1n) is 5.21. The number of nitrogens with one attached hydrogen (secondary N) is 1. The summed E-state index contributed by atoms with van der Waals surface area (Å²) in [7, 11) is 1.71. The average molecular weight is 227 g/mol. The van der Waals surface area contributed by atoms with Gasteiger partial charge in [-0.15, -0.1) is 5.10 Å². The molecular weight excluding hydrogens is 214 g/mol. The maximum absolute atomic E-state index is 9.04. The molecule has 0 radical (unpaired) electrons. The molecule has 2 rings (SSSR count). The van der Waals surface area contributed by atoms with Gasteiger partial charge in [0.2, 0.25) is 0 Å². The number of nitrogens with zero attached hydrogens (tertiary/aromatic N) is 3. The lowest BCUT2D eigenvalue weighted by Gasteiger charge is -2.06. The van der Waals surface area contributed by atoms with Crippen LogP contribution in [-0.4, -0.2) is 16.8 Å². The highest BCUT2D eigenvalue weighted by molar-refractivity contribution is 5.66. The van der Waals surface area contributed by atoms with Gasteiger partial charge in [0.25, 0.3) is 0 Å². The Kier molecular flexibility index (Phi) is 2.71. The fourth-order valence-electron chi connectivity index (χ4n) is 1.70. The number of hydrogen-bond acceptors (Lipinski definition) is 4. The van der Waals surface area contributed by atoms with Crippen molar-refractivity contribution in [3.8, 4) is 11.8 Å². The lowest BCUT2D eigenvalue weighted by Crippen LogP contribution is -2.04. The minimum Gasteiger partial charge on any atom is -0.382 e. The van der Waals surface area contributed by atoms with Gasteiger partial charge in [0.1, 0.15) is 17.5 Å². The number of nitriles is 1. The van der Waals surface area contributed by atoms with Gasteiger partial charge in [0.15, 0.2) is 5.82 Å². The predicted octanol–water partition coefficient (Wildman–Crippen LogP) is 1.68. The van der Waals surface area contributed by atoms with Crippen molar-refractivity contribution >= 4 is 11.6 Å². The first-order chi connectivity index (χ1) is 8.19. The maximum Gasteiger partial charge on any atom is 0.168 e. The number of nitrogens with two attached hydrogens (primary N) is 1. The summed E-state index contributed by atoms with van der Waals surface area (Å²) in [4.78, 5) is 0. The van der Waals surface area contributed by atoms with Crippen LogP contribution in [0.4, 0.5) is 11.6 Å². The van der Waals surface area contributed by atoms with Crippen LogP contribution in [0.15, 0.2) is 24.3 Å². The highest BCUT2D eigenvalue weighted by atomic mass is 15.3. The molecular formula is C12H13N5. The summed E-state index contributed by atoms with van der Waals surface area (Å²) < 4.78 is 1.58. The molecule has 0 saturated heterocycles. The summed E-state index contributed by atoms with van der Waals surface area (Å²) in [6.45, 7) is 1.97. The van der Waals surface area contributed by atoms with E-state index in [1.54, 1.807) is 11.7 Å². The quantitative estimate of drug-likeness (QED) is 0.818. The van der Waals surface area contributed by atoms with Gasteiger partial charge in [-0.25, -0.2) is 4.68 Å². The minimum atomic E-state index is 0.353. The van der Waals surface area contributed by atoms with Gasteiger partial charge in [0, 0.05) is 7.05 Å². The lowest BCUT2D eigenvalue weighted by molar-refractivity contribution is 0.886. The van der Waals surface area contributed by atoms with Gasteiger partial charge in [-0.3, -0.25) is 0 Å². The molecule has 1 heterocycles. The van der Waals surface area contributed by atoms with E-state index >= 15 is 0 Å². The maximum atomic E-state index is 9.04. The third-order valence-electron chi connectivity index (χ3n) is 2.61. The van der Waals surface area contributed by atoms with Gasteiger partial charge in [-0.2, -0.15) is 5.26 Å². The van der Waals surface area contributed by atoms with Crippen molar-refractivity contribution in [2.24, 2.45) is 0 Å². The van der Waals surface area contributed by atoms with Crippen LogP contribution in [0.5, 0.6) is 0 Å². The number of anilines is 2. The van der Waals surface area contributed by atoms with Gasteiger partial charge < -0.3 is 11.1 Å². The zero-order valence-corrected chi connectivity index (χ0v) is 9.73. The van der Waals surface area contributed by atoms with Crippen LogP contribution in [0.2, 0.25) is 0 Å². The average Bonchev–Trinajstić information content (AvgIpc) is 2.66. The molecule has 0 aliphatic carbocycles. The van der Waals surface area contributed by atoms with E-state index in [0.29, 0.717) is 17.2 Å². The smallest absolute Gasteiger partial charge is 0.168 e. The zero-order chi connectivity index (χ0) is 12.4. The van der Waals surface area contributed by atoms with Gasteiger partial charge in [-0.1, -0.05) is 18.2 Å². The van der Waals surface area contributed by atoms with Gasteiger partial charge in [-0.05, 0) is 18.6 Å². The standard InChI is InChI=1S/C12H13N5/c1-8-5-3-4-6-10(8)17-11(14)9(7-13)12(15-2)16-17/h3-6H,14H2,1-2H3,(H,15,16). The molecule has 5 nitrogen and oxygen atoms in total. The molecule has 0 unspecified atom stereocenters. The number of nitrogen functional groups attached to an aromatic ring is 1. The topological polar surface area (TPSA) is 79.7 Å². The molecule has 0 aliphatic rings. The lowest BCUT2D eigenvalue weighted by atomic mass is 10.2. The van der Waals surface area contributed by atoms with E-state index in [1.807, 2.05) is 31.2 Å². The second kappa shape index (κ2) is 4.18. The molecule has 0 aliphatic heterocycles. The minimum absolute atomic E-state index is 0.353. The molecule has 0 fully saturated rings. The Balaban J connectivity index is 2.66. The third kappa shape index (κ3) is 1.70.